The number of aromatic hydroxyl groups is 1. The lowest BCUT2D eigenvalue weighted by molar-refractivity contribution is 0.462. The van der Waals surface area contributed by atoms with E-state index in [-0.39, 0.29) is 5.75 Å². The van der Waals surface area contributed by atoms with Crippen molar-refractivity contribution in [1.82, 2.24) is 0 Å². The van der Waals surface area contributed by atoms with E-state index in [1.165, 1.54) is 0 Å². The topological polar surface area (TPSA) is 20.2 Å². The third-order valence-electron chi connectivity index (χ3n) is 1.18. The van der Waals surface area contributed by atoms with Crippen LogP contribution in [-0.2, 0) is 0 Å². The van der Waals surface area contributed by atoms with Gasteiger partial charge < -0.3 is 5.11 Å². The molecule has 0 unspecified atom stereocenters. The van der Waals surface area contributed by atoms with Gasteiger partial charge in [0.25, 0.3) is 0 Å². The highest BCUT2D eigenvalue weighted by atomic mass is 32.2. The lowest BCUT2D eigenvalue weighted by Gasteiger charge is -1.98. The molecule has 0 fully saturated rings. The fourth-order valence-corrected chi connectivity index (χ4v) is 1.37. The summed E-state index contributed by atoms with van der Waals surface area (Å²) in [7, 11) is 0. The fourth-order valence-electron chi connectivity index (χ4n) is 0.630. The lowest BCUT2D eigenvalue weighted by Crippen LogP contribution is -1.71. The van der Waals surface area contributed by atoms with E-state index in [4.69, 9.17) is 5.11 Å². The molecule has 1 aromatic carbocycles. The SMILES string of the molecule is CSc1ccc(O)c(S)c1. The van der Waals surface area contributed by atoms with Gasteiger partial charge in [0.05, 0.1) is 0 Å². The van der Waals surface area contributed by atoms with Gasteiger partial charge in [0.1, 0.15) is 5.75 Å². The Hall–Kier alpha value is -0.280. The molecule has 1 rings (SSSR count). The highest BCUT2D eigenvalue weighted by molar-refractivity contribution is 7.98. The molecular weight excluding hydrogens is 164 g/mol. The van der Waals surface area contributed by atoms with Crippen molar-refractivity contribution in [3.05, 3.63) is 18.2 Å². The third kappa shape index (κ3) is 1.61. The van der Waals surface area contributed by atoms with Crippen molar-refractivity contribution in [1.29, 1.82) is 0 Å². The highest BCUT2D eigenvalue weighted by Crippen LogP contribution is 2.25. The molecule has 1 N–H and O–H groups in total. The lowest BCUT2D eigenvalue weighted by atomic mass is 10.3. The van der Waals surface area contributed by atoms with E-state index < -0.39 is 0 Å². The number of hydrogen-bond donors (Lipinski definition) is 2. The number of benzene rings is 1. The molecule has 1 aromatic rings. The van der Waals surface area contributed by atoms with E-state index in [0.717, 1.165) is 4.90 Å². The van der Waals surface area contributed by atoms with Crippen molar-refractivity contribution in [2.24, 2.45) is 0 Å². The molecule has 0 aromatic heterocycles. The van der Waals surface area contributed by atoms with Crippen molar-refractivity contribution in [3.8, 4) is 5.75 Å². The van der Waals surface area contributed by atoms with Gasteiger partial charge in [-0.1, -0.05) is 0 Å². The van der Waals surface area contributed by atoms with E-state index in [9.17, 15) is 0 Å². The molecule has 0 aliphatic carbocycles. The van der Waals surface area contributed by atoms with E-state index in [2.05, 4.69) is 12.6 Å². The van der Waals surface area contributed by atoms with Crippen LogP contribution in [0.25, 0.3) is 0 Å². The van der Waals surface area contributed by atoms with Crippen LogP contribution in [0.2, 0.25) is 0 Å². The second-order valence-corrected chi connectivity index (χ2v) is 3.22. The minimum atomic E-state index is 0.237. The first-order valence-corrected chi connectivity index (χ1v) is 4.47. The smallest absolute Gasteiger partial charge is 0.128 e. The van der Waals surface area contributed by atoms with Crippen LogP contribution >= 0.6 is 24.4 Å². The van der Waals surface area contributed by atoms with Crippen molar-refractivity contribution in [3.63, 3.8) is 0 Å². The van der Waals surface area contributed by atoms with Crippen LogP contribution in [0.15, 0.2) is 28.0 Å². The van der Waals surface area contributed by atoms with Crippen LogP contribution in [0.3, 0.4) is 0 Å². The zero-order chi connectivity index (χ0) is 7.56. The van der Waals surface area contributed by atoms with Crippen molar-refractivity contribution in [2.75, 3.05) is 6.26 Å². The molecular formula is C7H8OS2. The molecule has 0 spiro atoms. The van der Waals surface area contributed by atoms with Gasteiger partial charge in [-0.25, -0.2) is 0 Å². The molecule has 10 heavy (non-hydrogen) atoms. The second kappa shape index (κ2) is 3.21. The minimum Gasteiger partial charge on any atom is -0.507 e. The average Bonchev–Trinajstić information content (AvgIpc) is 1.95. The molecule has 1 nitrogen and oxygen atoms in total. The molecule has 0 radical (unpaired) electrons. The molecule has 0 atom stereocenters. The Morgan fingerprint density at radius 2 is 2.20 bits per heavy atom. The zero-order valence-electron chi connectivity index (χ0n) is 5.53. The number of thiol groups is 1. The van der Waals surface area contributed by atoms with Crippen LogP contribution in [-0.4, -0.2) is 11.4 Å². The van der Waals surface area contributed by atoms with Gasteiger partial charge in [-0.2, -0.15) is 0 Å². The van der Waals surface area contributed by atoms with Gasteiger partial charge in [-0.3, -0.25) is 0 Å². The predicted molar refractivity (Wildman–Crippen MR) is 47.1 cm³/mol. The Labute approximate surface area is 69.9 Å². The Balaban J connectivity index is 3.04. The van der Waals surface area contributed by atoms with E-state index in [1.807, 2.05) is 18.4 Å². The first-order valence-electron chi connectivity index (χ1n) is 2.80. The van der Waals surface area contributed by atoms with Gasteiger partial charge in [0, 0.05) is 9.79 Å². The molecule has 0 aliphatic heterocycles. The molecule has 3 heteroatoms. The van der Waals surface area contributed by atoms with Crippen LogP contribution in [0.1, 0.15) is 0 Å². The zero-order valence-corrected chi connectivity index (χ0v) is 7.25. The summed E-state index contributed by atoms with van der Waals surface area (Å²) in [5, 5.41) is 9.05. The molecule has 0 saturated heterocycles. The van der Waals surface area contributed by atoms with E-state index in [0.29, 0.717) is 4.90 Å². The first kappa shape index (κ1) is 7.82. The van der Waals surface area contributed by atoms with Crippen molar-refractivity contribution < 1.29 is 5.11 Å². The van der Waals surface area contributed by atoms with Crippen LogP contribution in [0, 0.1) is 0 Å². The summed E-state index contributed by atoms with van der Waals surface area (Å²) in [6, 6.07) is 5.34. The maximum absolute atomic E-state index is 9.05. The minimum absolute atomic E-state index is 0.237. The summed E-state index contributed by atoms with van der Waals surface area (Å²) in [4.78, 5) is 1.75. The third-order valence-corrected chi connectivity index (χ3v) is 2.27. The second-order valence-electron chi connectivity index (χ2n) is 1.85. The van der Waals surface area contributed by atoms with E-state index in [1.54, 1.807) is 17.8 Å². The van der Waals surface area contributed by atoms with Gasteiger partial charge in [-0.15, -0.1) is 24.4 Å². The number of thioether (sulfide) groups is 1. The van der Waals surface area contributed by atoms with Crippen molar-refractivity contribution in [2.45, 2.75) is 9.79 Å². The number of rotatable bonds is 1. The fraction of sp³-hybridized carbons (Fsp3) is 0.143. The number of phenols is 1. The molecule has 0 aliphatic rings. The largest absolute Gasteiger partial charge is 0.507 e. The molecule has 0 saturated carbocycles. The average molecular weight is 172 g/mol. The normalized spacial score (nSPS) is 9.80. The Kier molecular flexibility index (Phi) is 2.51. The summed E-state index contributed by atoms with van der Waals surface area (Å²) in [5.74, 6) is 0.237. The van der Waals surface area contributed by atoms with Gasteiger partial charge in [-0.05, 0) is 24.5 Å². The van der Waals surface area contributed by atoms with Crippen LogP contribution < -0.4 is 0 Å². The van der Waals surface area contributed by atoms with E-state index >= 15 is 0 Å². The van der Waals surface area contributed by atoms with Gasteiger partial charge in [0.2, 0.25) is 0 Å². The van der Waals surface area contributed by atoms with Gasteiger partial charge in [0.15, 0.2) is 0 Å². The monoisotopic (exact) mass is 172 g/mol. The summed E-state index contributed by atoms with van der Waals surface area (Å²) in [6.45, 7) is 0. The van der Waals surface area contributed by atoms with Crippen molar-refractivity contribution >= 4 is 24.4 Å². The summed E-state index contributed by atoms with van der Waals surface area (Å²) in [5.41, 5.74) is 0. The van der Waals surface area contributed by atoms with Crippen LogP contribution in [0.5, 0.6) is 5.75 Å². The Morgan fingerprint density at radius 3 is 2.70 bits per heavy atom. The van der Waals surface area contributed by atoms with Gasteiger partial charge >= 0.3 is 0 Å². The molecule has 0 bridgehead atoms. The summed E-state index contributed by atoms with van der Waals surface area (Å²) < 4.78 is 0. The maximum atomic E-state index is 9.05. The summed E-state index contributed by atoms with van der Waals surface area (Å²) >= 11 is 5.69. The number of phenolic OH excluding ortho intramolecular Hbond substituents is 1. The molecule has 0 amide bonds. The quantitative estimate of drug-likeness (QED) is 0.501. The standard InChI is InChI=1S/C7H8OS2/c1-10-5-2-3-6(8)7(9)4-5/h2-4,8-9H,1H3. The van der Waals surface area contributed by atoms with Crippen LogP contribution in [0.4, 0.5) is 0 Å². The molecule has 0 heterocycles. The maximum Gasteiger partial charge on any atom is 0.128 e. The first-order chi connectivity index (χ1) is 4.74. The molecule has 54 valence electrons. The Bertz CT molecular complexity index is 235. The highest BCUT2D eigenvalue weighted by Gasteiger charge is 1.95. The number of hydrogen-bond acceptors (Lipinski definition) is 3. The summed E-state index contributed by atoms with van der Waals surface area (Å²) in [6.07, 6.45) is 1.99. The Morgan fingerprint density at radius 1 is 1.50 bits per heavy atom. The predicted octanol–water partition coefficient (Wildman–Crippen LogP) is 2.40.